The fourth-order valence-electron chi connectivity index (χ4n) is 0.378. The summed E-state index contributed by atoms with van der Waals surface area (Å²) in [5, 5.41) is 0. The van der Waals surface area contributed by atoms with E-state index in [0.29, 0.717) is 6.67 Å². The molecule has 0 spiro atoms. The Labute approximate surface area is 102 Å². The summed E-state index contributed by atoms with van der Waals surface area (Å²) in [5.41, 5.74) is 0. The van der Waals surface area contributed by atoms with Crippen molar-refractivity contribution in [3.63, 3.8) is 0 Å². The molecule has 0 unspecified atom stereocenters. The van der Waals surface area contributed by atoms with Gasteiger partial charge in [0.25, 0.3) is 0 Å². The van der Waals surface area contributed by atoms with Crippen LogP contribution in [0, 0.1) is 0 Å². The summed E-state index contributed by atoms with van der Waals surface area (Å²) >= 11 is 2.58. The third kappa shape index (κ3) is 14.1. The van der Waals surface area contributed by atoms with Crippen molar-refractivity contribution in [3.05, 3.63) is 0 Å². The maximum atomic E-state index is 4.40. The summed E-state index contributed by atoms with van der Waals surface area (Å²) in [5.74, 6) is 0. The third-order valence-corrected chi connectivity index (χ3v) is 6.36. The fraction of sp³-hybridized carbons (Fsp3) is 1.00. The van der Waals surface area contributed by atoms with Gasteiger partial charge in [-0.05, 0) is 39.3 Å². The van der Waals surface area contributed by atoms with Crippen LogP contribution in [0.15, 0.2) is 16.8 Å². The maximum Gasteiger partial charge on any atom is 0.190 e. The molecule has 0 aliphatic heterocycles. The molecule has 4 nitrogen and oxygen atoms in total. The van der Waals surface area contributed by atoms with Crippen molar-refractivity contribution in [3.8, 4) is 0 Å². The second kappa shape index (κ2) is 6.61. The first kappa shape index (κ1) is 15.1. The van der Waals surface area contributed by atoms with Gasteiger partial charge in [0.2, 0.25) is 0 Å². The molecule has 0 aliphatic carbocycles. The van der Waals surface area contributed by atoms with Gasteiger partial charge < -0.3 is 0 Å². The first-order chi connectivity index (χ1) is 6.71. The molecule has 0 saturated carbocycles. The molecular formula is C7H20N4S2Si2. The van der Waals surface area contributed by atoms with Crippen molar-refractivity contribution < 1.29 is 0 Å². The van der Waals surface area contributed by atoms with Gasteiger partial charge in [0.05, 0.1) is 0 Å². The van der Waals surface area contributed by atoms with Crippen molar-refractivity contribution in [2.24, 2.45) is 16.8 Å². The number of nitrogens with zero attached hydrogens (tertiary/aromatic N) is 4. The van der Waals surface area contributed by atoms with E-state index in [0.717, 1.165) is 0 Å². The minimum Gasteiger partial charge on any atom is -0.256 e. The van der Waals surface area contributed by atoms with E-state index in [1.807, 2.05) is 0 Å². The number of hydrogen-bond donors (Lipinski definition) is 0. The summed E-state index contributed by atoms with van der Waals surface area (Å²) in [6.07, 6.45) is 0. The highest BCUT2D eigenvalue weighted by molar-refractivity contribution is 7.59. The van der Waals surface area contributed by atoms with Crippen LogP contribution in [0.4, 0.5) is 0 Å². The quantitative estimate of drug-likeness (QED) is 0.708. The number of hydrogen-bond acceptors (Lipinski definition) is 4. The molecule has 0 N–H and O–H groups in total. The first-order valence-electron chi connectivity index (χ1n) is 4.81. The molecule has 15 heavy (non-hydrogen) atoms. The van der Waals surface area contributed by atoms with E-state index in [4.69, 9.17) is 0 Å². The summed E-state index contributed by atoms with van der Waals surface area (Å²) in [4.78, 5) is 0. The Hall–Kier alpha value is 0.0738. The highest BCUT2D eigenvalue weighted by atomic mass is 32.1. The summed E-state index contributed by atoms with van der Waals surface area (Å²) < 4.78 is 17.1. The molecule has 0 aromatic carbocycles. The van der Waals surface area contributed by atoms with Gasteiger partial charge in [0.1, 0.15) is 0 Å². The van der Waals surface area contributed by atoms with Crippen molar-refractivity contribution in [1.29, 1.82) is 0 Å². The zero-order valence-corrected chi connectivity index (χ0v) is 13.9. The first-order valence-corrected chi connectivity index (χ1v) is 13.2. The molecule has 0 aromatic heterocycles. The van der Waals surface area contributed by atoms with Gasteiger partial charge in [0, 0.05) is 22.7 Å². The van der Waals surface area contributed by atoms with Crippen molar-refractivity contribution in [2.45, 2.75) is 39.3 Å². The Bertz CT molecular complexity index is 285. The molecule has 8 heteroatoms. The van der Waals surface area contributed by atoms with Crippen LogP contribution in [0.3, 0.4) is 0 Å². The molecule has 0 amide bonds. The van der Waals surface area contributed by atoms with Crippen LogP contribution >= 0.6 is 0 Å². The average Bonchev–Trinajstić information content (AvgIpc) is 1.98. The second-order valence-corrected chi connectivity index (χ2v) is 16.1. The lowest BCUT2D eigenvalue weighted by Crippen LogP contribution is -2.14. The normalized spacial score (nSPS) is 11.6. The molecule has 0 aliphatic rings. The number of rotatable bonds is 4. The molecule has 88 valence electrons. The molecule has 0 atom stereocenters. The topological polar surface area (TPSA) is 49.4 Å². The molecule has 0 heterocycles. The molecule has 0 fully saturated rings. The zero-order chi connectivity index (χ0) is 11.9. The predicted molar refractivity (Wildman–Crippen MR) is 76.0 cm³/mol. The third-order valence-electron chi connectivity index (χ3n) is 0.860. The van der Waals surface area contributed by atoms with Crippen LogP contribution in [0.25, 0.3) is 0 Å². The van der Waals surface area contributed by atoms with Gasteiger partial charge in [-0.3, -0.25) is 8.06 Å². The van der Waals surface area contributed by atoms with Crippen molar-refractivity contribution >= 4 is 39.2 Å². The van der Waals surface area contributed by atoms with Gasteiger partial charge in [-0.1, -0.05) is 0 Å². The Morgan fingerprint density at radius 2 is 1.07 bits per heavy atom. The Kier molecular flexibility index (Phi) is 6.64. The highest BCUT2D eigenvalue weighted by Crippen LogP contribution is 2.00. The maximum absolute atomic E-state index is 4.40. The van der Waals surface area contributed by atoms with Gasteiger partial charge >= 0.3 is 0 Å². The molecule has 0 aromatic rings. The Morgan fingerprint density at radius 3 is 1.33 bits per heavy atom. The highest BCUT2D eigenvalue weighted by Gasteiger charge is 2.09. The van der Waals surface area contributed by atoms with Gasteiger partial charge in [-0.15, -0.1) is 0 Å². The van der Waals surface area contributed by atoms with Crippen LogP contribution in [-0.2, 0) is 22.7 Å². The summed E-state index contributed by atoms with van der Waals surface area (Å²) in [6.45, 7) is 13.6. The summed E-state index contributed by atoms with van der Waals surface area (Å²) in [6, 6.07) is 0. The van der Waals surface area contributed by atoms with Gasteiger partial charge in [-0.25, -0.2) is 0 Å². The van der Waals surface area contributed by atoms with E-state index >= 15 is 0 Å². The van der Waals surface area contributed by atoms with E-state index in [9.17, 15) is 0 Å². The minimum absolute atomic E-state index is 0.470. The van der Waals surface area contributed by atoms with Crippen LogP contribution in [0.2, 0.25) is 39.3 Å². The van der Waals surface area contributed by atoms with Crippen LogP contribution in [-0.4, -0.2) is 23.1 Å². The van der Waals surface area contributed by atoms with Crippen LogP contribution < -0.4 is 0 Å². The lowest BCUT2D eigenvalue weighted by molar-refractivity contribution is 1.12. The molecule has 0 radical (unpaired) electrons. The second-order valence-electron chi connectivity index (χ2n) is 5.09. The van der Waals surface area contributed by atoms with Gasteiger partial charge in [0.15, 0.2) is 23.1 Å². The lowest BCUT2D eigenvalue weighted by Gasteiger charge is -2.02. The largest absolute Gasteiger partial charge is 0.256 e. The van der Waals surface area contributed by atoms with Crippen molar-refractivity contribution in [1.82, 2.24) is 0 Å². The van der Waals surface area contributed by atoms with Gasteiger partial charge in [-0.2, -0.15) is 8.73 Å². The van der Waals surface area contributed by atoms with E-state index in [2.05, 4.69) is 56.1 Å². The standard InChI is InChI=1S/C7H20N4S2Si2/c1-14(2,3)10-12-8-7-9-13-11-15(4,5)6/h7H2,1-6H3. The lowest BCUT2D eigenvalue weighted by atomic mass is 11.3. The van der Waals surface area contributed by atoms with Crippen LogP contribution in [0.1, 0.15) is 0 Å². The fourth-order valence-corrected chi connectivity index (χ4v) is 3.09. The van der Waals surface area contributed by atoms with Crippen molar-refractivity contribution in [2.75, 3.05) is 6.67 Å². The SMILES string of the molecule is C[Si](C)(C)N=S=NCN=S=N[Si](C)(C)C. The smallest absolute Gasteiger partial charge is 0.190 e. The summed E-state index contributed by atoms with van der Waals surface area (Å²) in [7, 11) is -2.65. The zero-order valence-electron chi connectivity index (χ0n) is 10.3. The van der Waals surface area contributed by atoms with E-state index < -0.39 is 16.5 Å². The molecular weight excluding hydrogens is 260 g/mol. The van der Waals surface area contributed by atoms with Crippen LogP contribution in [0.5, 0.6) is 0 Å². The van der Waals surface area contributed by atoms with E-state index in [-0.39, 0.29) is 0 Å². The monoisotopic (exact) mass is 280 g/mol. The molecule has 0 rings (SSSR count). The molecule has 0 saturated heterocycles. The van der Waals surface area contributed by atoms with E-state index in [1.54, 1.807) is 0 Å². The molecule has 0 bridgehead atoms. The van der Waals surface area contributed by atoms with E-state index in [1.165, 1.54) is 22.7 Å². The predicted octanol–water partition coefficient (Wildman–Crippen LogP) is 3.51. The Morgan fingerprint density at radius 1 is 0.733 bits per heavy atom. The average molecular weight is 281 g/mol. The Balaban J connectivity index is 4.11. The minimum atomic E-state index is -1.33.